The maximum absolute atomic E-state index is 13.5. The van der Waals surface area contributed by atoms with Gasteiger partial charge < -0.3 is 25.6 Å². The molecule has 0 unspecified atom stereocenters. The monoisotopic (exact) mass is 551 g/mol. The quantitative estimate of drug-likeness (QED) is 0.189. The van der Waals surface area contributed by atoms with Crippen LogP contribution in [0.2, 0.25) is 0 Å². The molecule has 4 N–H and O–H groups in total. The Bertz CT molecular complexity index is 1580. The van der Waals surface area contributed by atoms with Crippen LogP contribution in [0, 0.1) is 6.92 Å². The second kappa shape index (κ2) is 12.7. The van der Waals surface area contributed by atoms with Gasteiger partial charge in [0.05, 0.1) is 25.6 Å². The van der Waals surface area contributed by atoms with E-state index in [9.17, 15) is 14.7 Å². The fourth-order valence-electron chi connectivity index (χ4n) is 4.45. The highest BCUT2D eigenvalue weighted by Crippen LogP contribution is 2.35. The van der Waals surface area contributed by atoms with E-state index in [0.29, 0.717) is 50.7 Å². The van der Waals surface area contributed by atoms with Crippen molar-refractivity contribution < 1.29 is 24.2 Å². The summed E-state index contributed by atoms with van der Waals surface area (Å²) in [6, 6.07) is 25.4. The SMILES string of the molecule is C=C(CN(Cc1ccc(C(=O)Nc2ccccc2N)c(-c2ccc(OC)c(OC)c2)c1)C(=O)O)c1ccc(C)cc1. The highest BCUT2D eigenvalue weighted by atomic mass is 16.5. The second-order valence-corrected chi connectivity index (χ2v) is 9.60. The topological polar surface area (TPSA) is 114 Å². The number of nitrogens with two attached hydrogens (primary N) is 1. The number of rotatable bonds is 10. The normalized spacial score (nSPS) is 10.5. The molecule has 8 nitrogen and oxygen atoms in total. The lowest BCUT2D eigenvalue weighted by atomic mass is 9.95. The molecule has 0 saturated heterocycles. The van der Waals surface area contributed by atoms with Crippen LogP contribution >= 0.6 is 0 Å². The maximum Gasteiger partial charge on any atom is 0.407 e. The third kappa shape index (κ3) is 6.86. The van der Waals surface area contributed by atoms with Gasteiger partial charge in [-0.25, -0.2) is 4.79 Å². The van der Waals surface area contributed by atoms with E-state index in [0.717, 1.165) is 11.1 Å². The van der Waals surface area contributed by atoms with E-state index in [4.69, 9.17) is 15.2 Å². The molecule has 4 aromatic carbocycles. The average Bonchev–Trinajstić information content (AvgIpc) is 2.97. The lowest BCUT2D eigenvalue weighted by Gasteiger charge is -2.22. The Morgan fingerprint density at radius 2 is 1.63 bits per heavy atom. The third-order valence-corrected chi connectivity index (χ3v) is 6.72. The molecule has 8 heteroatoms. The van der Waals surface area contributed by atoms with E-state index >= 15 is 0 Å². The standard InChI is InChI=1S/C33H33N3O5/c1-21-9-12-24(13-10-21)22(2)19-36(33(38)39)20-23-11-15-26(32(37)35-29-8-6-5-7-28(29)34)27(17-23)25-14-16-30(40-3)31(18-25)41-4/h5-18H,2,19-20,34H2,1,3-4H3,(H,35,37)(H,38,39). The maximum atomic E-state index is 13.5. The molecular weight excluding hydrogens is 518 g/mol. The highest BCUT2D eigenvalue weighted by molar-refractivity contribution is 6.10. The van der Waals surface area contributed by atoms with E-state index in [1.54, 1.807) is 55.6 Å². The summed E-state index contributed by atoms with van der Waals surface area (Å²) in [6.07, 6.45) is -1.08. The number of para-hydroxylation sites is 2. The summed E-state index contributed by atoms with van der Waals surface area (Å²) in [5, 5.41) is 12.9. The van der Waals surface area contributed by atoms with Gasteiger partial charge in [-0.15, -0.1) is 0 Å². The second-order valence-electron chi connectivity index (χ2n) is 9.60. The summed E-state index contributed by atoms with van der Waals surface area (Å²) >= 11 is 0. The van der Waals surface area contributed by atoms with E-state index in [1.807, 2.05) is 43.3 Å². The molecule has 0 aliphatic heterocycles. The number of nitrogen functional groups attached to an aromatic ring is 1. The molecule has 0 aliphatic carbocycles. The Kier molecular flexibility index (Phi) is 8.94. The number of aryl methyl sites for hydroxylation is 1. The van der Waals surface area contributed by atoms with E-state index in [-0.39, 0.29) is 19.0 Å². The number of carboxylic acid groups (broad SMARTS) is 1. The molecule has 0 spiro atoms. The summed E-state index contributed by atoms with van der Waals surface area (Å²) in [6.45, 7) is 6.32. The van der Waals surface area contributed by atoms with Gasteiger partial charge in [-0.1, -0.05) is 60.7 Å². The van der Waals surface area contributed by atoms with Gasteiger partial charge in [0.25, 0.3) is 5.91 Å². The number of benzene rings is 4. The van der Waals surface area contributed by atoms with Crippen molar-refractivity contribution in [2.75, 3.05) is 31.8 Å². The van der Waals surface area contributed by atoms with Crippen LogP contribution in [0.25, 0.3) is 16.7 Å². The Morgan fingerprint density at radius 3 is 2.29 bits per heavy atom. The molecule has 4 aromatic rings. The summed E-state index contributed by atoms with van der Waals surface area (Å²) < 4.78 is 10.9. The lowest BCUT2D eigenvalue weighted by molar-refractivity contribution is 0.102. The number of amides is 2. The molecule has 0 aliphatic rings. The van der Waals surface area contributed by atoms with Crippen LogP contribution in [-0.2, 0) is 6.54 Å². The number of anilines is 2. The van der Waals surface area contributed by atoms with Crippen LogP contribution in [0.4, 0.5) is 16.2 Å². The zero-order chi connectivity index (χ0) is 29.5. The summed E-state index contributed by atoms with van der Waals surface area (Å²) in [7, 11) is 3.09. The van der Waals surface area contributed by atoms with Crippen LogP contribution in [0.15, 0.2) is 91.5 Å². The van der Waals surface area contributed by atoms with Gasteiger partial charge in [0.2, 0.25) is 0 Å². The van der Waals surface area contributed by atoms with E-state index in [1.165, 1.54) is 12.0 Å². The first-order valence-corrected chi connectivity index (χ1v) is 12.9. The van der Waals surface area contributed by atoms with Crippen LogP contribution in [0.1, 0.15) is 27.0 Å². The highest BCUT2D eigenvalue weighted by Gasteiger charge is 2.20. The Balaban J connectivity index is 1.70. The van der Waals surface area contributed by atoms with E-state index < -0.39 is 6.09 Å². The van der Waals surface area contributed by atoms with Gasteiger partial charge in [0.15, 0.2) is 11.5 Å². The predicted octanol–water partition coefficient (Wildman–Crippen LogP) is 6.71. The number of hydrogen-bond donors (Lipinski definition) is 3. The first-order chi connectivity index (χ1) is 19.7. The molecule has 0 fully saturated rings. The van der Waals surface area contributed by atoms with Crippen molar-refractivity contribution in [2.24, 2.45) is 0 Å². The van der Waals surface area contributed by atoms with Crippen molar-refractivity contribution in [1.82, 2.24) is 4.90 Å². The molecule has 0 heterocycles. The zero-order valence-corrected chi connectivity index (χ0v) is 23.3. The predicted molar refractivity (Wildman–Crippen MR) is 162 cm³/mol. The Labute approximate surface area is 239 Å². The number of carbonyl (C=O) groups is 2. The average molecular weight is 552 g/mol. The smallest absolute Gasteiger partial charge is 0.407 e. The fourth-order valence-corrected chi connectivity index (χ4v) is 4.45. The van der Waals surface area contributed by atoms with Gasteiger partial charge in [0, 0.05) is 18.7 Å². The summed E-state index contributed by atoms with van der Waals surface area (Å²) in [5.74, 6) is 0.680. The van der Waals surface area contributed by atoms with E-state index in [2.05, 4.69) is 11.9 Å². The zero-order valence-electron chi connectivity index (χ0n) is 23.3. The van der Waals surface area contributed by atoms with Gasteiger partial charge >= 0.3 is 6.09 Å². The van der Waals surface area contributed by atoms with Crippen LogP contribution in [-0.4, -0.2) is 42.8 Å². The lowest BCUT2D eigenvalue weighted by Crippen LogP contribution is -2.30. The molecule has 41 heavy (non-hydrogen) atoms. The number of hydrogen-bond acceptors (Lipinski definition) is 5. The molecule has 0 radical (unpaired) electrons. The third-order valence-electron chi connectivity index (χ3n) is 6.72. The molecule has 4 rings (SSSR count). The molecule has 2 amide bonds. The van der Waals surface area contributed by atoms with Gasteiger partial charge in [-0.05, 0) is 71.1 Å². The molecule has 0 saturated carbocycles. The minimum Gasteiger partial charge on any atom is -0.493 e. The summed E-state index contributed by atoms with van der Waals surface area (Å²) in [5.41, 5.74) is 12.0. The number of carbonyl (C=O) groups excluding carboxylic acids is 1. The molecule has 0 aromatic heterocycles. The number of nitrogens with zero attached hydrogens (tertiary/aromatic N) is 1. The minimum absolute atomic E-state index is 0.0913. The number of ether oxygens (including phenoxy) is 2. The Hall–Kier alpha value is -5.24. The van der Waals surface area contributed by atoms with Gasteiger partial charge in [-0.3, -0.25) is 9.69 Å². The van der Waals surface area contributed by atoms with Crippen LogP contribution in [0.5, 0.6) is 11.5 Å². The van der Waals surface area contributed by atoms with Gasteiger partial charge in [0.1, 0.15) is 0 Å². The van der Waals surface area contributed by atoms with Crippen molar-refractivity contribution >= 4 is 28.9 Å². The molecule has 210 valence electrons. The molecule has 0 bridgehead atoms. The first kappa shape index (κ1) is 28.8. The van der Waals surface area contributed by atoms with Crippen molar-refractivity contribution in [3.8, 4) is 22.6 Å². The van der Waals surface area contributed by atoms with Gasteiger partial charge in [-0.2, -0.15) is 0 Å². The largest absolute Gasteiger partial charge is 0.493 e. The minimum atomic E-state index is -1.08. The van der Waals surface area contributed by atoms with Crippen LogP contribution in [0.3, 0.4) is 0 Å². The van der Waals surface area contributed by atoms with Crippen LogP contribution < -0.4 is 20.5 Å². The first-order valence-electron chi connectivity index (χ1n) is 12.9. The molecular formula is C33H33N3O5. The van der Waals surface area contributed by atoms with Crippen molar-refractivity contribution in [3.63, 3.8) is 0 Å². The van der Waals surface area contributed by atoms with Crippen molar-refractivity contribution in [2.45, 2.75) is 13.5 Å². The van der Waals surface area contributed by atoms with Crippen molar-refractivity contribution in [1.29, 1.82) is 0 Å². The Morgan fingerprint density at radius 1 is 0.927 bits per heavy atom. The number of methoxy groups -OCH3 is 2. The van der Waals surface area contributed by atoms with Crippen molar-refractivity contribution in [3.05, 3.63) is 114 Å². The number of nitrogens with one attached hydrogen (secondary N) is 1. The fraction of sp³-hybridized carbons (Fsp3) is 0.152. The molecule has 0 atom stereocenters. The summed E-state index contributed by atoms with van der Waals surface area (Å²) in [4.78, 5) is 27.0.